The summed E-state index contributed by atoms with van der Waals surface area (Å²) in [6, 6.07) is 10.2. The van der Waals surface area contributed by atoms with E-state index in [2.05, 4.69) is 34.3 Å². The van der Waals surface area contributed by atoms with Crippen molar-refractivity contribution in [2.75, 3.05) is 13.2 Å². The Balaban J connectivity index is 2.53. The lowest BCUT2D eigenvalue weighted by Crippen LogP contribution is -2.16. The van der Waals surface area contributed by atoms with Crippen LogP contribution in [0.15, 0.2) is 55.1 Å². The predicted molar refractivity (Wildman–Crippen MR) is 132 cm³/mol. The number of hydrogen-bond acceptors (Lipinski definition) is 4. The van der Waals surface area contributed by atoms with Gasteiger partial charge in [-0.15, -0.1) is 6.58 Å². The van der Waals surface area contributed by atoms with Crippen LogP contribution in [-0.2, 0) is 5.41 Å². The van der Waals surface area contributed by atoms with Gasteiger partial charge in [0, 0.05) is 16.5 Å². The molecule has 32 heavy (non-hydrogen) atoms. The van der Waals surface area contributed by atoms with Crippen LogP contribution in [0.5, 0.6) is 17.2 Å². The van der Waals surface area contributed by atoms with Gasteiger partial charge in [0.05, 0.1) is 18.8 Å². The van der Waals surface area contributed by atoms with Gasteiger partial charge < -0.3 is 14.6 Å². The summed E-state index contributed by atoms with van der Waals surface area (Å²) in [4.78, 5) is 12.7. The van der Waals surface area contributed by atoms with Crippen LogP contribution in [0.3, 0.4) is 0 Å². The van der Waals surface area contributed by atoms with Gasteiger partial charge in [0.15, 0.2) is 5.78 Å². The highest BCUT2D eigenvalue weighted by Crippen LogP contribution is 2.40. The molecule has 0 fully saturated rings. The van der Waals surface area contributed by atoms with Crippen molar-refractivity contribution in [3.05, 3.63) is 71.8 Å². The number of unbranched alkanes of at least 4 members (excludes halogenated alkanes) is 2. The number of phenolic OH excluding ortho intramolecular Hbond substituents is 1. The van der Waals surface area contributed by atoms with Crippen LogP contribution >= 0.6 is 0 Å². The van der Waals surface area contributed by atoms with E-state index in [-0.39, 0.29) is 16.9 Å². The van der Waals surface area contributed by atoms with E-state index in [1.54, 1.807) is 18.2 Å². The monoisotopic (exact) mass is 436 g/mol. The SMILES string of the molecule is C=CC(C)(C)c1ccc(OCCCC)c(C=CC(=O)c2ccc(O)cc2)c1OCCCC. The second kappa shape index (κ2) is 12.1. The molecular weight excluding hydrogens is 400 g/mol. The molecule has 0 atom stereocenters. The Labute approximate surface area is 192 Å². The van der Waals surface area contributed by atoms with Gasteiger partial charge in [-0.2, -0.15) is 0 Å². The number of rotatable bonds is 13. The number of hydrogen-bond donors (Lipinski definition) is 1. The molecule has 0 heterocycles. The van der Waals surface area contributed by atoms with Crippen LogP contribution in [0.1, 0.15) is 74.9 Å². The zero-order chi connectivity index (χ0) is 23.6. The maximum atomic E-state index is 12.7. The summed E-state index contributed by atoms with van der Waals surface area (Å²) in [5, 5.41) is 9.48. The molecule has 0 unspecified atom stereocenters. The van der Waals surface area contributed by atoms with Gasteiger partial charge >= 0.3 is 0 Å². The van der Waals surface area contributed by atoms with E-state index in [4.69, 9.17) is 9.47 Å². The minimum absolute atomic E-state index is 0.128. The molecule has 172 valence electrons. The number of ether oxygens (including phenoxy) is 2. The minimum atomic E-state index is -0.312. The van der Waals surface area contributed by atoms with Crippen LogP contribution in [-0.4, -0.2) is 24.1 Å². The molecule has 0 aromatic heterocycles. The molecular formula is C28H36O4. The highest BCUT2D eigenvalue weighted by atomic mass is 16.5. The Morgan fingerprint density at radius 1 is 1.00 bits per heavy atom. The smallest absolute Gasteiger partial charge is 0.185 e. The third-order valence-corrected chi connectivity index (χ3v) is 5.41. The molecule has 4 nitrogen and oxygen atoms in total. The molecule has 0 aliphatic carbocycles. The minimum Gasteiger partial charge on any atom is -0.508 e. The molecule has 2 rings (SSSR count). The molecule has 0 saturated heterocycles. The Hall–Kier alpha value is -3.01. The first-order chi connectivity index (χ1) is 15.3. The number of ketones is 1. The normalized spacial score (nSPS) is 11.5. The van der Waals surface area contributed by atoms with Crippen molar-refractivity contribution >= 4 is 11.9 Å². The molecule has 0 saturated carbocycles. The number of carbonyl (C=O) groups is 1. The fourth-order valence-corrected chi connectivity index (χ4v) is 3.16. The first-order valence-electron chi connectivity index (χ1n) is 11.4. The van der Waals surface area contributed by atoms with Crippen molar-refractivity contribution in [2.24, 2.45) is 0 Å². The number of allylic oxidation sites excluding steroid dienone is 2. The van der Waals surface area contributed by atoms with Crippen LogP contribution in [0, 0.1) is 0 Å². The maximum absolute atomic E-state index is 12.7. The van der Waals surface area contributed by atoms with Gasteiger partial charge in [0.1, 0.15) is 17.2 Å². The molecule has 0 aliphatic heterocycles. The molecule has 1 N–H and O–H groups in total. The van der Waals surface area contributed by atoms with Crippen molar-refractivity contribution in [3.8, 4) is 17.2 Å². The third kappa shape index (κ3) is 6.74. The van der Waals surface area contributed by atoms with E-state index in [0.717, 1.165) is 42.6 Å². The summed E-state index contributed by atoms with van der Waals surface area (Å²) in [5.41, 5.74) is 1.95. The van der Waals surface area contributed by atoms with Gasteiger partial charge in [-0.3, -0.25) is 4.79 Å². The molecule has 0 radical (unpaired) electrons. The summed E-state index contributed by atoms with van der Waals surface area (Å²) in [6.45, 7) is 13.6. The van der Waals surface area contributed by atoms with Crippen molar-refractivity contribution in [2.45, 2.75) is 58.8 Å². The fraction of sp³-hybridized carbons (Fsp3) is 0.393. The van der Waals surface area contributed by atoms with Gasteiger partial charge in [-0.25, -0.2) is 0 Å². The summed E-state index contributed by atoms with van der Waals surface area (Å²) >= 11 is 0. The van der Waals surface area contributed by atoms with Crippen LogP contribution in [0.4, 0.5) is 0 Å². The van der Waals surface area contributed by atoms with Crippen LogP contribution in [0.25, 0.3) is 6.08 Å². The average Bonchev–Trinajstić information content (AvgIpc) is 2.78. The van der Waals surface area contributed by atoms with Crippen molar-refractivity contribution < 1.29 is 19.4 Å². The zero-order valence-corrected chi connectivity index (χ0v) is 19.8. The number of benzene rings is 2. The van der Waals surface area contributed by atoms with E-state index >= 15 is 0 Å². The van der Waals surface area contributed by atoms with E-state index in [0.29, 0.717) is 24.5 Å². The molecule has 0 aliphatic rings. The Morgan fingerprint density at radius 2 is 1.62 bits per heavy atom. The standard InChI is InChI=1S/C28H36O4/c1-6-9-19-31-26-18-16-24(28(4,5)8-3)27(32-20-10-7-2)23(26)15-17-25(30)21-11-13-22(29)14-12-21/h8,11-18,29H,3,6-7,9-10,19-20H2,1-2,4-5H3. The average molecular weight is 437 g/mol. The Kier molecular flexibility index (Phi) is 9.58. The Bertz CT molecular complexity index is 923. The van der Waals surface area contributed by atoms with Crippen LogP contribution in [0.2, 0.25) is 0 Å². The van der Waals surface area contributed by atoms with Gasteiger partial charge in [0.25, 0.3) is 0 Å². The maximum Gasteiger partial charge on any atom is 0.185 e. The van der Waals surface area contributed by atoms with E-state index in [1.807, 2.05) is 18.2 Å². The van der Waals surface area contributed by atoms with Gasteiger partial charge in [-0.1, -0.05) is 52.7 Å². The second-order valence-electron chi connectivity index (χ2n) is 8.43. The lowest BCUT2D eigenvalue weighted by molar-refractivity contribution is 0.104. The summed E-state index contributed by atoms with van der Waals surface area (Å²) < 4.78 is 12.4. The summed E-state index contributed by atoms with van der Waals surface area (Å²) in [7, 11) is 0. The van der Waals surface area contributed by atoms with E-state index in [9.17, 15) is 9.90 Å². The molecule has 2 aromatic carbocycles. The summed E-state index contributed by atoms with van der Waals surface area (Å²) in [6.07, 6.45) is 9.16. The number of carbonyl (C=O) groups excluding carboxylic acids is 1. The first-order valence-corrected chi connectivity index (χ1v) is 11.4. The molecule has 4 heteroatoms. The first kappa shape index (κ1) is 25.3. The van der Waals surface area contributed by atoms with E-state index in [1.165, 1.54) is 18.2 Å². The third-order valence-electron chi connectivity index (χ3n) is 5.41. The number of phenols is 1. The van der Waals surface area contributed by atoms with Crippen molar-refractivity contribution in [1.82, 2.24) is 0 Å². The number of aromatic hydroxyl groups is 1. The summed E-state index contributed by atoms with van der Waals surface area (Å²) in [5.74, 6) is 1.40. The molecule has 0 amide bonds. The zero-order valence-electron chi connectivity index (χ0n) is 19.8. The molecule has 0 bridgehead atoms. The van der Waals surface area contributed by atoms with Crippen molar-refractivity contribution in [3.63, 3.8) is 0 Å². The Morgan fingerprint density at radius 3 is 2.22 bits per heavy atom. The molecule has 0 spiro atoms. The topological polar surface area (TPSA) is 55.8 Å². The second-order valence-corrected chi connectivity index (χ2v) is 8.43. The largest absolute Gasteiger partial charge is 0.508 e. The highest BCUT2D eigenvalue weighted by Gasteiger charge is 2.25. The molecule has 2 aromatic rings. The fourth-order valence-electron chi connectivity index (χ4n) is 3.16. The predicted octanol–water partition coefficient (Wildman–Crippen LogP) is 7.11. The van der Waals surface area contributed by atoms with Gasteiger partial charge in [0.2, 0.25) is 0 Å². The van der Waals surface area contributed by atoms with Crippen molar-refractivity contribution in [1.29, 1.82) is 0 Å². The lowest BCUT2D eigenvalue weighted by atomic mass is 9.83. The van der Waals surface area contributed by atoms with E-state index < -0.39 is 0 Å². The quantitative estimate of drug-likeness (QED) is 0.157. The van der Waals surface area contributed by atoms with Gasteiger partial charge in [-0.05, 0) is 55.3 Å². The lowest BCUT2D eigenvalue weighted by Gasteiger charge is -2.26. The highest BCUT2D eigenvalue weighted by molar-refractivity contribution is 6.07. The van der Waals surface area contributed by atoms with Crippen LogP contribution < -0.4 is 9.47 Å².